The first-order valence-corrected chi connectivity index (χ1v) is 3.25. The zero-order chi connectivity index (χ0) is 6.15. The van der Waals surface area contributed by atoms with Crippen LogP contribution in [0.15, 0.2) is 0 Å². The van der Waals surface area contributed by atoms with E-state index < -0.39 is 0 Å². The monoisotopic (exact) mass is 114 g/mol. The summed E-state index contributed by atoms with van der Waals surface area (Å²) >= 11 is 0. The average Bonchev–Trinajstić information content (AvgIpc) is 1.98. The zero-order valence-corrected chi connectivity index (χ0v) is 5.59. The molecule has 2 N–H and O–H groups in total. The van der Waals surface area contributed by atoms with E-state index in [0.717, 1.165) is 0 Å². The highest BCUT2D eigenvalue weighted by Gasteiger charge is 2.23. The summed E-state index contributed by atoms with van der Waals surface area (Å²) in [6, 6.07) is 1.20. The lowest BCUT2D eigenvalue weighted by Gasteiger charge is -2.18. The molecule has 0 bridgehead atoms. The lowest BCUT2D eigenvalue weighted by molar-refractivity contribution is 0.220. The van der Waals surface area contributed by atoms with Gasteiger partial charge in [-0.1, -0.05) is 0 Å². The van der Waals surface area contributed by atoms with Crippen molar-refractivity contribution in [2.24, 2.45) is 5.84 Å². The maximum absolute atomic E-state index is 5.66. The molecule has 0 saturated carbocycles. The number of hydrogen-bond donors (Lipinski definition) is 1. The minimum Gasteiger partial charge on any atom is -0.268 e. The summed E-state index contributed by atoms with van der Waals surface area (Å²) in [4.78, 5) is 0. The Bertz CT molecular complexity index is 72.6. The van der Waals surface area contributed by atoms with Crippen LogP contribution in [-0.4, -0.2) is 17.1 Å². The Morgan fingerprint density at radius 3 is 1.75 bits per heavy atom. The van der Waals surface area contributed by atoms with Gasteiger partial charge in [0.1, 0.15) is 0 Å². The maximum atomic E-state index is 5.66. The Morgan fingerprint density at radius 2 is 1.62 bits per heavy atom. The summed E-state index contributed by atoms with van der Waals surface area (Å²) in [6.45, 7) is 4.34. The van der Waals surface area contributed by atoms with Crippen LogP contribution in [0.2, 0.25) is 0 Å². The molecule has 1 fully saturated rings. The van der Waals surface area contributed by atoms with Crippen LogP contribution in [0.25, 0.3) is 0 Å². The summed E-state index contributed by atoms with van der Waals surface area (Å²) in [7, 11) is 0. The summed E-state index contributed by atoms with van der Waals surface area (Å²) in [6.07, 6.45) is 2.52. The molecular formula is C6H14N2. The zero-order valence-electron chi connectivity index (χ0n) is 5.59. The number of rotatable bonds is 0. The molecule has 2 atom stereocenters. The molecule has 1 aliphatic rings. The summed E-state index contributed by atoms with van der Waals surface area (Å²) < 4.78 is 0. The van der Waals surface area contributed by atoms with Crippen molar-refractivity contribution >= 4 is 0 Å². The highest BCUT2D eigenvalue weighted by atomic mass is 15.4. The fraction of sp³-hybridized carbons (Fsp3) is 1.00. The Labute approximate surface area is 50.6 Å². The SMILES string of the molecule is C[C@@H]1CC[C@@H](C)N1N. The average molecular weight is 114 g/mol. The van der Waals surface area contributed by atoms with Gasteiger partial charge in [-0.25, -0.2) is 5.01 Å². The molecule has 0 amide bonds. The minimum atomic E-state index is 0.602. The molecule has 1 rings (SSSR count). The summed E-state index contributed by atoms with van der Waals surface area (Å²) in [5.74, 6) is 5.66. The summed E-state index contributed by atoms with van der Waals surface area (Å²) in [5, 5.41) is 1.94. The first-order chi connectivity index (χ1) is 3.72. The van der Waals surface area contributed by atoms with E-state index in [9.17, 15) is 0 Å². The standard InChI is InChI=1S/C6H14N2/c1-5-3-4-6(2)8(5)7/h5-6H,3-4,7H2,1-2H3/t5-,6-/m1/s1. The van der Waals surface area contributed by atoms with Crippen LogP contribution in [0, 0.1) is 0 Å². The molecule has 0 aliphatic carbocycles. The molecule has 1 heterocycles. The molecule has 0 aromatic carbocycles. The van der Waals surface area contributed by atoms with Gasteiger partial charge in [-0.05, 0) is 26.7 Å². The van der Waals surface area contributed by atoms with Crippen LogP contribution in [0.3, 0.4) is 0 Å². The second-order valence-corrected chi connectivity index (χ2v) is 2.72. The minimum absolute atomic E-state index is 0.602. The molecule has 0 aromatic heterocycles. The second-order valence-electron chi connectivity index (χ2n) is 2.72. The lowest BCUT2D eigenvalue weighted by atomic mass is 10.2. The molecule has 0 spiro atoms. The molecule has 8 heavy (non-hydrogen) atoms. The lowest BCUT2D eigenvalue weighted by Crippen LogP contribution is -2.38. The molecule has 2 heteroatoms. The highest BCUT2D eigenvalue weighted by Crippen LogP contribution is 2.18. The first kappa shape index (κ1) is 6.05. The van der Waals surface area contributed by atoms with Crippen molar-refractivity contribution in [3.8, 4) is 0 Å². The van der Waals surface area contributed by atoms with Gasteiger partial charge in [0.2, 0.25) is 0 Å². The highest BCUT2D eigenvalue weighted by molar-refractivity contribution is 4.77. The predicted octanol–water partition coefficient (Wildman–Crippen LogP) is 0.733. The van der Waals surface area contributed by atoms with Gasteiger partial charge in [0.15, 0.2) is 0 Å². The third-order valence-corrected chi connectivity index (χ3v) is 2.02. The van der Waals surface area contributed by atoms with Gasteiger partial charge in [-0.15, -0.1) is 0 Å². The van der Waals surface area contributed by atoms with E-state index in [2.05, 4.69) is 13.8 Å². The van der Waals surface area contributed by atoms with Gasteiger partial charge < -0.3 is 0 Å². The summed E-state index contributed by atoms with van der Waals surface area (Å²) in [5.41, 5.74) is 0. The van der Waals surface area contributed by atoms with E-state index in [1.807, 2.05) is 5.01 Å². The van der Waals surface area contributed by atoms with E-state index in [-0.39, 0.29) is 0 Å². The van der Waals surface area contributed by atoms with Crippen LogP contribution in [0.4, 0.5) is 0 Å². The maximum Gasteiger partial charge on any atom is 0.0216 e. The Kier molecular flexibility index (Phi) is 1.54. The fourth-order valence-electron chi connectivity index (χ4n) is 1.21. The topological polar surface area (TPSA) is 29.3 Å². The van der Waals surface area contributed by atoms with E-state index in [4.69, 9.17) is 5.84 Å². The first-order valence-electron chi connectivity index (χ1n) is 3.25. The molecule has 1 saturated heterocycles. The van der Waals surface area contributed by atoms with Crippen molar-refractivity contribution in [3.05, 3.63) is 0 Å². The van der Waals surface area contributed by atoms with Crippen molar-refractivity contribution in [3.63, 3.8) is 0 Å². The molecular weight excluding hydrogens is 100 g/mol. The van der Waals surface area contributed by atoms with Crippen LogP contribution >= 0.6 is 0 Å². The molecule has 0 radical (unpaired) electrons. The van der Waals surface area contributed by atoms with Gasteiger partial charge in [0.25, 0.3) is 0 Å². The fourth-order valence-corrected chi connectivity index (χ4v) is 1.21. The van der Waals surface area contributed by atoms with Gasteiger partial charge >= 0.3 is 0 Å². The molecule has 0 aromatic rings. The Balaban J connectivity index is 2.44. The van der Waals surface area contributed by atoms with Crippen LogP contribution < -0.4 is 5.84 Å². The predicted molar refractivity (Wildman–Crippen MR) is 34.2 cm³/mol. The van der Waals surface area contributed by atoms with Gasteiger partial charge in [-0.3, -0.25) is 5.84 Å². The smallest absolute Gasteiger partial charge is 0.0216 e. The molecule has 48 valence electrons. The number of hydrogen-bond acceptors (Lipinski definition) is 2. The van der Waals surface area contributed by atoms with Gasteiger partial charge in [0, 0.05) is 12.1 Å². The molecule has 2 nitrogen and oxygen atoms in total. The van der Waals surface area contributed by atoms with Crippen LogP contribution in [0.5, 0.6) is 0 Å². The third kappa shape index (κ3) is 0.858. The third-order valence-electron chi connectivity index (χ3n) is 2.02. The van der Waals surface area contributed by atoms with Crippen LogP contribution in [-0.2, 0) is 0 Å². The largest absolute Gasteiger partial charge is 0.268 e. The number of nitrogens with zero attached hydrogens (tertiary/aromatic N) is 1. The van der Waals surface area contributed by atoms with Gasteiger partial charge in [0.05, 0.1) is 0 Å². The Morgan fingerprint density at radius 1 is 1.25 bits per heavy atom. The quantitative estimate of drug-likeness (QED) is 0.470. The number of nitrogens with two attached hydrogens (primary N) is 1. The second kappa shape index (κ2) is 2.03. The van der Waals surface area contributed by atoms with Gasteiger partial charge in [-0.2, -0.15) is 0 Å². The van der Waals surface area contributed by atoms with Crippen molar-refractivity contribution in [2.75, 3.05) is 0 Å². The molecule has 1 aliphatic heterocycles. The van der Waals surface area contributed by atoms with Crippen molar-refractivity contribution in [2.45, 2.75) is 38.8 Å². The van der Waals surface area contributed by atoms with Crippen molar-refractivity contribution in [1.82, 2.24) is 5.01 Å². The van der Waals surface area contributed by atoms with E-state index in [1.54, 1.807) is 0 Å². The normalized spacial score (nSPS) is 40.9. The van der Waals surface area contributed by atoms with E-state index in [1.165, 1.54) is 12.8 Å². The number of hydrazine groups is 1. The van der Waals surface area contributed by atoms with Crippen molar-refractivity contribution < 1.29 is 0 Å². The van der Waals surface area contributed by atoms with Crippen LogP contribution in [0.1, 0.15) is 26.7 Å². The van der Waals surface area contributed by atoms with Crippen molar-refractivity contribution in [1.29, 1.82) is 0 Å². The molecule has 0 unspecified atom stereocenters. The van der Waals surface area contributed by atoms with E-state index in [0.29, 0.717) is 12.1 Å². The van der Waals surface area contributed by atoms with E-state index >= 15 is 0 Å². The Hall–Kier alpha value is -0.0800.